The Morgan fingerprint density at radius 2 is 2.20 bits per heavy atom. The van der Waals surface area contributed by atoms with E-state index in [4.69, 9.17) is 10.5 Å². The first-order chi connectivity index (χ1) is 7.04. The molecule has 0 atom stereocenters. The molecule has 80 valence electrons. The van der Waals surface area contributed by atoms with Crippen molar-refractivity contribution in [1.82, 2.24) is 0 Å². The number of carbonyl (C=O) groups excluding carboxylic acids is 1. The van der Waals surface area contributed by atoms with Crippen LogP contribution in [-0.2, 0) is 11.3 Å². The summed E-state index contributed by atoms with van der Waals surface area (Å²) in [5, 5.41) is 3.13. The van der Waals surface area contributed by atoms with E-state index in [2.05, 4.69) is 5.32 Å². The van der Waals surface area contributed by atoms with Crippen LogP contribution in [0.4, 0.5) is 5.69 Å². The molecule has 4 heteroatoms. The predicted molar refractivity (Wildman–Crippen MR) is 57.7 cm³/mol. The minimum atomic E-state index is -0.680. The highest BCUT2D eigenvalue weighted by Crippen LogP contribution is 2.35. The molecule has 0 bridgehead atoms. The summed E-state index contributed by atoms with van der Waals surface area (Å²) >= 11 is 0. The fraction of sp³-hybridized carbons (Fsp3) is 0.364. The van der Waals surface area contributed by atoms with Crippen LogP contribution in [0.1, 0.15) is 19.4 Å². The summed E-state index contributed by atoms with van der Waals surface area (Å²) in [5.41, 5.74) is 6.55. The number of esters is 1. The van der Waals surface area contributed by atoms with E-state index in [-0.39, 0.29) is 5.97 Å². The van der Waals surface area contributed by atoms with Crippen LogP contribution in [0, 0.1) is 0 Å². The number of hydrogen-bond acceptors (Lipinski definition) is 4. The maximum atomic E-state index is 11.6. The molecule has 1 heterocycles. The number of anilines is 1. The van der Waals surface area contributed by atoms with E-state index in [9.17, 15) is 4.79 Å². The Balaban J connectivity index is 2.49. The Hall–Kier alpha value is -1.55. The molecule has 1 aromatic carbocycles. The van der Waals surface area contributed by atoms with Gasteiger partial charge < -0.3 is 15.8 Å². The number of para-hydroxylation sites is 1. The van der Waals surface area contributed by atoms with Gasteiger partial charge >= 0.3 is 5.97 Å². The van der Waals surface area contributed by atoms with E-state index in [1.807, 2.05) is 18.2 Å². The summed E-state index contributed by atoms with van der Waals surface area (Å²) in [6.45, 7) is 3.93. The number of fused-ring (bicyclic) bond motifs is 1. The number of nitrogens with one attached hydrogen (secondary N) is 1. The fourth-order valence-corrected chi connectivity index (χ4v) is 1.57. The Morgan fingerprint density at radius 3 is 2.87 bits per heavy atom. The number of nitrogens with two attached hydrogens (primary N) is 1. The zero-order chi connectivity index (χ0) is 11.1. The Labute approximate surface area is 88.4 Å². The lowest BCUT2D eigenvalue weighted by Crippen LogP contribution is -2.46. The molecule has 0 radical (unpaired) electrons. The average molecular weight is 206 g/mol. The van der Waals surface area contributed by atoms with Gasteiger partial charge in [-0.05, 0) is 19.9 Å². The third-order valence-electron chi connectivity index (χ3n) is 2.47. The molecular weight excluding hydrogens is 192 g/mol. The van der Waals surface area contributed by atoms with E-state index in [0.717, 1.165) is 11.3 Å². The number of benzene rings is 1. The van der Waals surface area contributed by atoms with Crippen molar-refractivity contribution in [2.45, 2.75) is 25.9 Å². The maximum absolute atomic E-state index is 11.6. The van der Waals surface area contributed by atoms with Gasteiger partial charge in [0.05, 0.1) is 5.69 Å². The number of rotatable bonds is 1. The molecule has 0 amide bonds. The summed E-state index contributed by atoms with van der Waals surface area (Å²) < 4.78 is 5.29. The third-order valence-corrected chi connectivity index (χ3v) is 2.47. The predicted octanol–water partition coefficient (Wildman–Crippen LogP) is 1.25. The molecule has 0 saturated heterocycles. The van der Waals surface area contributed by atoms with Crippen LogP contribution in [0.3, 0.4) is 0 Å². The topological polar surface area (TPSA) is 64.3 Å². The molecular formula is C11H14N2O2. The van der Waals surface area contributed by atoms with Gasteiger partial charge in [-0.3, -0.25) is 0 Å². The number of ether oxygens (including phenoxy) is 1. The van der Waals surface area contributed by atoms with Crippen molar-refractivity contribution in [2.24, 2.45) is 5.73 Å². The number of hydrogen-bond donors (Lipinski definition) is 2. The fourth-order valence-electron chi connectivity index (χ4n) is 1.57. The summed E-state index contributed by atoms with van der Waals surface area (Å²) in [6, 6.07) is 5.62. The molecule has 2 rings (SSSR count). The summed E-state index contributed by atoms with van der Waals surface area (Å²) in [6.07, 6.45) is 0. The third kappa shape index (κ3) is 1.57. The minimum Gasteiger partial charge on any atom is -0.422 e. The first-order valence-electron chi connectivity index (χ1n) is 4.87. The molecule has 0 unspecified atom stereocenters. The highest BCUT2D eigenvalue weighted by atomic mass is 16.5. The molecule has 1 aromatic rings. The molecule has 0 saturated carbocycles. The Bertz CT molecular complexity index is 413. The molecule has 0 fully saturated rings. The van der Waals surface area contributed by atoms with Crippen molar-refractivity contribution >= 4 is 11.7 Å². The lowest BCUT2D eigenvalue weighted by molar-refractivity contribution is -0.139. The van der Waals surface area contributed by atoms with Gasteiger partial charge in [0, 0.05) is 12.1 Å². The van der Waals surface area contributed by atoms with Gasteiger partial charge in [-0.2, -0.15) is 0 Å². The lowest BCUT2D eigenvalue weighted by atomic mass is 10.0. The second-order valence-corrected chi connectivity index (χ2v) is 4.14. The largest absolute Gasteiger partial charge is 0.422 e. The molecule has 0 aliphatic carbocycles. The average Bonchev–Trinajstić information content (AvgIpc) is 2.18. The highest BCUT2D eigenvalue weighted by Gasteiger charge is 2.35. The van der Waals surface area contributed by atoms with Gasteiger partial charge in [-0.25, -0.2) is 4.79 Å². The van der Waals surface area contributed by atoms with E-state index >= 15 is 0 Å². The second-order valence-electron chi connectivity index (χ2n) is 4.14. The molecule has 4 nitrogen and oxygen atoms in total. The molecule has 1 aliphatic heterocycles. The van der Waals surface area contributed by atoms with Crippen LogP contribution in [-0.4, -0.2) is 11.5 Å². The maximum Gasteiger partial charge on any atom is 0.336 e. The summed E-state index contributed by atoms with van der Waals surface area (Å²) in [7, 11) is 0. The minimum absolute atomic E-state index is 0.282. The Morgan fingerprint density at radius 1 is 1.47 bits per heavy atom. The molecule has 1 aliphatic rings. The lowest BCUT2D eigenvalue weighted by Gasteiger charge is -2.32. The first-order valence-corrected chi connectivity index (χ1v) is 4.87. The molecule has 15 heavy (non-hydrogen) atoms. The summed E-state index contributed by atoms with van der Waals surface area (Å²) in [4.78, 5) is 11.6. The van der Waals surface area contributed by atoms with Gasteiger partial charge in [0.15, 0.2) is 5.75 Å². The van der Waals surface area contributed by atoms with Gasteiger partial charge in [-0.1, -0.05) is 12.1 Å². The monoisotopic (exact) mass is 206 g/mol. The van der Waals surface area contributed by atoms with Crippen molar-refractivity contribution in [3.63, 3.8) is 0 Å². The van der Waals surface area contributed by atoms with Crippen LogP contribution >= 0.6 is 0 Å². The molecule has 0 spiro atoms. The first kappa shape index (κ1) is 9.98. The Kier molecular flexibility index (Phi) is 2.16. The smallest absolute Gasteiger partial charge is 0.336 e. The SMILES string of the molecule is CC1(C)Nc2cccc(CN)c2OC1=O. The standard InChI is InChI=1S/C11H14N2O2/c1-11(2)10(14)15-9-7(6-12)4-3-5-8(9)13-11/h3-5,13H,6,12H2,1-2H3. The van der Waals surface area contributed by atoms with E-state index < -0.39 is 5.54 Å². The van der Waals surface area contributed by atoms with Gasteiger partial charge in [-0.15, -0.1) is 0 Å². The van der Waals surface area contributed by atoms with Crippen molar-refractivity contribution < 1.29 is 9.53 Å². The van der Waals surface area contributed by atoms with Crippen LogP contribution in [0.25, 0.3) is 0 Å². The van der Waals surface area contributed by atoms with E-state index in [0.29, 0.717) is 12.3 Å². The van der Waals surface area contributed by atoms with Crippen LogP contribution in [0.15, 0.2) is 18.2 Å². The summed E-state index contributed by atoms with van der Waals surface area (Å²) in [5.74, 6) is 0.278. The zero-order valence-electron chi connectivity index (χ0n) is 8.83. The number of carbonyl (C=O) groups is 1. The quantitative estimate of drug-likeness (QED) is 0.536. The van der Waals surface area contributed by atoms with Crippen molar-refractivity contribution in [3.05, 3.63) is 23.8 Å². The van der Waals surface area contributed by atoms with Crippen LogP contribution in [0.2, 0.25) is 0 Å². The molecule has 0 aromatic heterocycles. The van der Waals surface area contributed by atoms with Crippen molar-refractivity contribution in [3.8, 4) is 5.75 Å². The van der Waals surface area contributed by atoms with Crippen LogP contribution in [0.5, 0.6) is 5.75 Å². The van der Waals surface area contributed by atoms with Crippen LogP contribution < -0.4 is 15.8 Å². The van der Waals surface area contributed by atoms with Gasteiger partial charge in [0.2, 0.25) is 0 Å². The normalized spacial score (nSPS) is 17.7. The van der Waals surface area contributed by atoms with Gasteiger partial charge in [0.1, 0.15) is 5.54 Å². The van der Waals surface area contributed by atoms with Crippen molar-refractivity contribution in [2.75, 3.05) is 5.32 Å². The van der Waals surface area contributed by atoms with Gasteiger partial charge in [0.25, 0.3) is 0 Å². The van der Waals surface area contributed by atoms with E-state index in [1.54, 1.807) is 13.8 Å². The van der Waals surface area contributed by atoms with E-state index in [1.165, 1.54) is 0 Å². The van der Waals surface area contributed by atoms with Crippen molar-refractivity contribution in [1.29, 1.82) is 0 Å². The zero-order valence-corrected chi connectivity index (χ0v) is 8.83. The highest BCUT2D eigenvalue weighted by molar-refractivity contribution is 5.90. The second kappa shape index (κ2) is 3.24. The molecule has 3 N–H and O–H groups in total.